The number of benzene rings is 1. The number of H-pyrrole nitrogens is 1. The minimum Gasteiger partial charge on any atom is -0.370 e. The monoisotopic (exact) mass is 259 g/mol. The highest BCUT2D eigenvalue weighted by molar-refractivity contribution is 6.05. The number of amides is 2. The Kier molecular flexibility index (Phi) is 4.18. The molecule has 0 unspecified atom stereocenters. The number of para-hydroxylation sites is 1. The maximum absolute atomic E-state index is 12.0. The van der Waals surface area contributed by atoms with Crippen molar-refractivity contribution in [3.63, 3.8) is 0 Å². The Balaban J connectivity index is 1.90. The fourth-order valence-electron chi connectivity index (χ4n) is 2.00. The van der Waals surface area contributed by atoms with E-state index in [1.165, 1.54) is 0 Å². The molecular formula is C14H17N3O2. The molecular weight excluding hydrogens is 242 g/mol. The van der Waals surface area contributed by atoms with Gasteiger partial charge in [-0.3, -0.25) is 9.59 Å². The van der Waals surface area contributed by atoms with Crippen LogP contribution in [0.4, 0.5) is 0 Å². The highest BCUT2D eigenvalue weighted by Crippen LogP contribution is 2.16. The molecule has 1 heterocycles. The summed E-state index contributed by atoms with van der Waals surface area (Å²) in [5.41, 5.74) is 6.53. The van der Waals surface area contributed by atoms with E-state index in [9.17, 15) is 9.59 Å². The number of fused-ring (bicyclic) bond motifs is 1. The van der Waals surface area contributed by atoms with Crippen molar-refractivity contribution >= 4 is 22.7 Å². The van der Waals surface area contributed by atoms with Crippen molar-refractivity contribution in [1.29, 1.82) is 0 Å². The average Bonchev–Trinajstić information content (AvgIpc) is 2.85. The van der Waals surface area contributed by atoms with Gasteiger partial charge in [0.1, 0.15) is 0 Å². The van der Waals surface area contributed by atoms with Gasteiger partial charge >= 0.3 is 0 Å². The smallest absolute Gasteiger partial charge is 0.253 e. The zero-order valence-electron chi connectivity index (χ0n) is 10.6. The van der Waals surface area contributed by atoms with E-state index in [1.807, 2.05) is 24.4 Å². The number of hydrogen-bond acceptors (Lipinski definition) is 2. The zero-order chi connectivity index (χ0) is 13.7. The first-order chi connectivity index (χ1) is 9.18. The van der Waals surface area contributed by atoms with Gasteiger partial charge in [0, 0.05) is 24.5 Å². The second kappa shape index (κ2) is 6.04. The molecule has 19 heavy (non-hydrogen) atoms. The fourth-order valence-corrected chi connectivity index (χ4v) is 2.00. The minimum atomic E-state index is -0.303. The molecule has 0 saturated heterocycles. The molecule has 0 spiro atoms. The number of aromatic amines is 1. The van der Waals surface area contributed by atoms with E-state index in [0.29, 0.717) is 24.9 Å². The van der Waals surface area contributed by atoms with E-state index in [1.54, 1.807) is 6.07 Å². The van der Waals surface area contributed by atoms with E-state index in [4.69, 9.17) is 5.73 Å². The van der Waals surface area contributed by atoms with E-state index in [2.05, 4.69) is 10.3 Å². The van der Waals surface area contributed by atoms with Gasteiger partial charge in [0.05, 0.1) is 11.1 Å². The summed E-state index contributed by atoms with van der Waals surface area (Å²) >= 11 is 0. The largest absolute Gasteiger partial charge is 0.370 e. The number of primary amides is 1. The Labute approximate surface area is 111 Å². The second-order valence-electron chi connectivity index (χ2n) is 4.43. The van der Waals surface area contributed by atoms with Crippen LogP contribution in [-0.2, 0) is 4.79 Å². The molecule has 0 aliphatic rings. The molecule has 0 radical (unpaired) electrons. The molecule has 2 aromatic rings. The van der Waals surface area contributed by atoms with Gasteiger partial charge in [-0.1, -0.05) is 12.1 Å². The van der Waals surface area contributed by atoms with E-state index < -0.39 is 0 Å². The maximum Gasteiger partial charge on any atom is 0.253 e. The third-order valence-corrected chi connectivity index (χ3v) is 2.97. The van der Waals surface area contributed by atoms with Gasteiger partial charge in [0.15, 0.2) is 0 Å². The normalized spacial score (nSPS) is 10.5. The van der Waals surface area contributed by atoms with Crippen LogP contribution in [0.3, 0.4) is 0 Å². The SMILES string of the molecule is NC(=O)CCCCNC(=O)c1cccc2cc[nH]c12. The molecule has 2 rings (SSSR count). The summed E-state index contributed by atoms with van der Waals surface area (Å²) in [7, 11) is 0. The number of aromatic nitrogens is 1. The molecule has 5 heteroatoms. The molecule has 0 bridgehead atoms. The summed E-state index contributed by atoms with van der Waals surface area (Å²) in [5, 5.41) is 3.86. The van der Waals surface area contributed by atoms with E-state index in [0.717, 1.165) is 17.3 Å². The molecule has 0 fully saturated rings. The van der Waals surface area contributed by atoms with Gasteiger partial charge in [-0.15, -0.1) is 0 Å². The average molecular weight is 259 g/mol. The lowest BCUT2D eigenvalue weighted by atomic mass is 10.1. The van der Waals surface area contributed by atoms with Crippen LogP contribution >= 0.6 is 0 Å². The Morgan fingerprint density at radius 2 is 2.05 bits per heavy atom. The fraction of sp³-hybridized carbons (Fsp3) is 0.286. The Hall–Kier alpha value is -2.30. The van der Waals surface area contributed by atoms with Gasteiger partial charge in [0.2, 0.25) is 5.91 Å². The standard InChI is InChI=1S/C14H17N3O2/c15-12(18)6-1-2-8-17-14(19)11-5-3-4-10-7-9-16-13(10)11/h3-5,7,9,16H,1-2,6,8H2,(H2,15,18)(H,17,19). The number of carbonyl (C=O) groups is 2. The number of unbranched alkanes of at least 4 members (excludes halogenated alkanes) is 1. The van der Waals surface area contributed by atoms with Crippen LogP contribution in [-0.4, -0.2) is 23.3 Å². The van der Waals surface area contributed by atoms with Crippen molar-refractivity contribution < 1.29 is 9.59 Å². The van der Waals surface area contributed by atoms with E-state index >= 15 is 0 Å². The predicted molar refractivity (Wildman–Crippen MR) is 73.7 cm³/mol. The lowest BCUT2D eigenvalue weighted by Gasteiger charge is -2.05. The zero-order valence-corrected chi connectivity index (χ0v) is 10.6. The van der Waals surface area contributed by atoms with Crippen LogP contribution in [0, 0.1) is 0 Å². The Morgan fingerprint density at radius 3 is 2.84 bits per heavy atom. The van der Waals surface area contributed by atoms with Crippen LogP contribution in [0.5, 0.6) is 0 Å². The lowest BCUT2D eigenvalue weighted by molar-refractivity contribution is -0.118. The number of rotatable bonds is 6. The van der Waals surface area contributed by atoms with Crippen molar-refractivity contribution in [2.24, 2.45) is 5.73 Å². The summed E-state index contributed by atoms with van der Waals surface area (Å²) < 4.78 is 0. The molecule has 4 N–H and O–H groups in total. The third kappa shape index (κ3) is 3.34. The lowest BCUT2D eigenvalue weighted by Crippen LogP contribution is -2.25. The van der Waals surface area contributed by atoms with Crippen molar-refractivity contribution in [1.82, 2.24) is 10.3 Å². The maximum atomic E-state index is 12.0. The first kappa shape index (κ1) is 13.1. The number of carbonyl (C=O) groups excluding carboxylic acids is 2. The molecule has 0 aliphatic carbocycles. The van der Waals surface area contributed by atoms with Crippen molar-refractivity contribution in [2.45, 2.75) is 19.3 Å². The van der Waals surface area contributed by atoms with Crippen molar-refractivity contribution in [3.05, 3.63) is 36.0 Å². The predicted octanol–water partition coefficient (Wildman–Crippen LogP) is 1.55. The molecule has 100 valence electrons. The molecule has 1 aromatic heterocycles. The quantitative estimate of drug-likeness (QED) is 0.687. The topological polar surface area (TPSA) is 88.0 Å². The summed E-state index contributed by atoms with van der Waals surface area (Å²) in [4.78, 5) is 25.7. The highest BCUT2D eigenvalue weighted by Gasteiger charge is 2.09. The van der Waals surface area contributed by atoms with Gasteiger partial charge < -0.3 is 16.0 Å². The van der Waals surface area contributed by atoms with Gasteiger partial charge in [0.25, 0.3) is 5.91 Å². The van der Waals surface area contributed by atoms with Gasteiger partial charge in [-0.05, 0) is 25.0 Å². The van der Waals surface area contributed by atoms with Gasteiger partial charge in [-0.25, -0.2) is 0 Å². The summed E-state index contributed by atoms with van der Waals surface area (Å²) in [6.45, 7) is 0.545. The Bertz CT molecular complexity index is 589. The molecule has 0 saturated carbocycles. The van der Waals surface area contributed by atoms with Crippen molar-refractivity contribution in [2.75, 3.05) is 6.54 Å². The minimum absolute atomic E-state index is 0.105. The van der Waals surface area contributed by atoms with Crippen LogP contribution in [0.25, 0.3) is 10.9 Å². The van der Waals surface area contributed by atoms with Crippen LogP contribution in [0.15, 0.2) is 30.5 Å². The number of nitrogens with two attached hydrogens (primary N) is 1. The summed E-state index contributed by atoms with van der Waals surface area (Å²) in [5.74, 6) is -0.408. The van der Waals surface area contributed by atoms with Crippen LogP contribution in [0.2, 0.25) is 0 Å². The molecule has 5 nitrogen and oxygen atoms in total. The first-order valence-electron chi connectivity index (χ1n) is 6.31. The highest BCUT2D eigenvalue weighted by atomic mass is 16.2. The second-order valence-corrected chi connectivity index (χ2v) is 4.43. The third-order valence-electron chi connectivity index (χ3n) is 2.97. The van der Waals surface area contributed by atoms with Crippen LogP contribution in [0.1, 0.15) is 29.6 Å². The summed E-state index contributed by atoms with van der Waals surface area (Å²) in [6.07, 6.45) is 3.62. The van der Waals surface area contributed by atoms with Gasteiger partial charge in [-0.2, -0.15) is 0 Å². The molecule has 0 aliphatic heterocycles. The number of hydrogen-bond donors (Lipinski definition) is 3. The van der Waals surface area contributed by atoms with Crippen LogP contribution < -0.4 is 11.1 Å². The molecule has 1 aromatic carbocycles. The molecule has 0 atom stereocenters. The summed E-state index contributed by atoms with van der Waals surface area (Å²) in [6, 6.07) is 7.53. The molecule has 2 amide bonds. The Morgan fingerprint density at radius 1 is 1.21 bits per heavy atom. The number of nitrogens with one attached hydrogen (secondary N) is 2. The van der Waals surface area contributed by atoms with E-state index in [-0.39, 0.29) is 11.8 Å². The first-order valence-corrected chi connectivity index (χ1v) is 6.31. The van der Waals surface area contributed by atoms with Crippen molar-refractivity contribution in [3.8, 4) is 0 Å².